The van der Waals surface area contributed by atoms with Crippen molar-refractivity contribution in [2.24, 2.45) is 5.16 Å². The molecule has 0 aliphatic heterocycles. The molecule has 0 heterocycles. The molecule has 0 aliphatic carbocycles. The van der Waals surface area contributed by atoms with E-state index < -0.39 is 29.6 Å². The van der Waals surface area contributed by atoms with Crippen LogP contribution in [0.15, 0.2) is 65.8 Å². The number of benzene rings is 2. The molecular formula is C20H19ClFNO5. The minimum atomic E-state index is -1.87. The molecule has 0 saturated carbocycles. The van der Waals surface area contributed by atoms with E-state index >= 15 is 0 Å². The number of halogens is 2. The van der Waals surface area contributed by atoms with Gasteiger partial charge in [-0.15, -0.1) is 11.6 Å². The van der Waals surface area contributed by atoms with Crippen LogP contribution < -0.4 is 0 Å². The summed E-state index contributed by atoms with van der Waals surface area (Å²) in [6.07, 6.45) is -2.50. The van der Waals surface area contributed by atoms with E-state index in [-0.39, 0.29) is 12.2 Å². The van der Waals surface area contributed by atoms with Gasteiger partial charge in [-0.25, -0.2) is 14.0 Å². The molecule has 0 saturated heterocycles. The van der Waals surface area contributed by atoms with E-state index in [1.807, 2.05) is 0 Å². The maximum absolute atomic E-state index is 14.5. The Bertz CT molecular complexity index is 788. The van der Waals surface area contributed by atoms with Crippen molar-refractivity contribution in [2.75, 3.05) is 13.7 Å². The average Bonchev–Trinajstić information content (AvgIpc) is 2.74. The molecule has 28 heavy (non-hydrogen) atoms. The number of carbonyl (C=O) groups is 2. The molecule has 0 fully saturated rings. The second-order valence-corrected chi connectivity index (χ2v) is 6.16. The van der Waals surface area contributed by atoms with Gasteiger partial charge in [0.05, 0.1) is 17.3 Å². The van der Waals surface area contributed by atoms with Crippen LogP contribution >= 0.6 is 11.6 Å². The maximum atomic E-state index is 14.5. The number of hydrogen-bond acceptors (Lipinski definition) is 6. The van der Waals surface area contributed by atoms with Crippen LogP contribution in [0.25, 0.3) is 0 Å². The predicted molar refractivity (Wildman–Crippen MR) is 102 cm³/mol. The van der Waals surface area contributed by atoms with Crippen molar-refractivity contribution < 1.29 is 28.3 Å². The van der Waals surface area contributed by atoms with E-state index in [0.29, 0.717) is 5.56 Å². The Kier molecular flexibility index (Phi) is 8.42. The molecule has 6 nitrogen and oxygen atoms in total. The summed E-state index contributed by atoms with van der Waals surface area (Å²) in [5.41, 5.74) is 0.551. The molecule has 0 aromatic heterocycles. The summed E-state index contributed by atoms with van der Waals surface area (Å²) >= 11 is 6.19. The average molecular weight is 408 g/mol. The summed E-state index contributed by atoms with van der Waals surface area (Å²) in [5.74, 6) is -1.39. The number of nitrogens with zero attached hydrogens (tertiary/aromatic N) is 1. The first-order chi connectivity index (χ1) is 13.5. The van der Waals surface area contributed by atoms with Crippen molar-refractivity contribution in [3.63, 3.8) is 0 Å². The van der Waals surface area contributed by atoms with Crippen LogP contribution in [0.5, 0.6) is 0 Å². The Balaban J connectivity index is 2.05. The van der Waals surface area contributed by atoms with Gasteiger partial charge >= 0.3 is 11.9 Å². The minimum Gasteiger partial charge on any atom is -0.460 e. The third-order valence-corrected chi connectivity index (χ3v) is 3.99. The van der Waals surface area contributed by atoms with Crippen LogP contribution in [-0.4, -0.2) is 49.5 Å². The standard InChI is InChI=1S/C20H19ClFNO5/c1-26-23-12-17(22)18(28-20(25)15-10-6-3-7-11-15)16(21)13-27-19(24)14-8-4-2-5-9-14/h2-12,16-18H,13H2,1H3. The van der Waals surface area contributed by atoms with Gasteiger partial charge in [0.15, 0.2) is 12.3 Å². The van der Waals surface area contributed by atoms with Gasteiger partial charge < -0.3 is 14.3 Å². The largest absolute Gasteiger partial charge is 0.460 e. The normalized spacial score (nSPS) is 14.1. The molecule has 0 amide bonds. The van der Waals surface area contributed by atoms with Crippen molar-refractivity contribution >= 4 is 29.8 Å². The van der Waals surface area contributed by atoms with Crippen LogP contribution in [-0.2, 0) is 14.3 Å². The first kappa shape index (κ1) is 21.4. The molecule has 0 N–H and O–H groups in total. The Morgan fingerprint density at radius 1 is 1.04 bits per heavy atom. The fourth-order valence-corrected chi connectivity index (χ4v) is 2.47. The Morgan fingerprint density at radius 3 is 2.11 bits per heavy atom. The highest BCUT2D eigenvalue weighted by molar-refractivity contribution is 6.21. The van der Waals surface area contributed by atoms with E-state index in [0.717, 1.165) is 6.21 Å². The van der Waals surface area contributed by atoms with Gasteiger partial charge in [-0.3, -0.25) is 0 Å². The monoisotopic (exact) mass is 407 g/mol. The quantitative estimate of drug-likeness (QED) is 0.274. The van der Waals surface area contributed by atoms with Gasteiger partial charge in [0.2, 0.25) is 0 Å². The van der Waals surface area contributed by atoms with Crippen molar-refractivity contribution in [1.29, 1.82) is 0 Å². The van der Waals surface area contributed by atoms with E-state index in [4.69, 9.17) is 21.1 Å². The molecule has 2 rings (SSSR count). The number of rotatable bonds is 9. The van der Waals surface area contributed by atoms with E-state index in [1.54, 1.807) is 48.5 Å². The second-order valence-electron chi connectivity index (χ2n) is 5.60. The van der Waals surface area contributed by atoms with Crippen LogP contribution in [0.1, 0.15) is 20.7 Å². The lowest BCUT2D eigenvalue weighted by Crippen LogP contribution is -2.40. The number of oxime groups is 1. The lowest BCUT2D eigenvalue weighted by Gasteiger charge is -2.23. The fraction of sp³-hybridized carbons (Fsp3) is 0.250. The van der Waals surface area contributed by atoms with Crippen LogP contribution in [0, 0.1) is 0 Å². The van der Waals surface area contributed by atoms with Crippen molar-refractivity contribution in [2.45, 2.75) is 17.7 Å². The Morgan fingerprint density at radius 2 is 1.57 bits per heavy atom. The van der Waals surface area contributed by atoms with Gasteiger partial charge in [0, 0.05) is 0 Å². The lowest BCUT2D eigenvalue weighted by molar-refractivity contribution is 0.00677. The number of hydrogen-bond donors (Lipinski definition) is 0. The van der Waals surface area contributed by atoms with Crippen molar-refractivity contribution in [1.82, 2.24) is 0 Å². The molecule has 3 unspecified atom stereocenters. The topological polar surface area (TPSA) is 74.2 Å². The smallest absolute Gasteiger partial charge is 0.338 e. The third-order valence-electron chi connectivity index (χ3n) is 3.61. The third kappa shape index (κ3) is 6.35. The zero-order valence-electron chi connectivity index (χ0n) is 15.0. The molecule has 3 atom stereocenters. The SMILES string of the molecule is CON=CC(F)C(OC(=O)c1ccccc1)C(Cl)COC(=O)c1ccccc1. The number of esters is 2. The van der Waals surface area contributed by atoms with Gasteiger partial charge in [0.25, 0.3) is 0 Å². The first-order valence-electron chi connectivity index (χ1n) is 8.36. The van der Waals surface area contributed by atoms with E-state index in [9.17, 15) is 14.0 Å². The molecule has 2 aromatic rings. The highest BCUT2D eigenvalue weighted by Gasteiger charge is 2.33. The summed E-state index contributed by atoms with van der Waals surface area (Å²) in [6, 6.07) is 16.3. The zero-order valence-corrected chi connectivity index (χ0v) is 15.8. The molecular weight excluding hydrogens is 389 g/mol. The molecule has 148 valence electrons. The molecule has 0 bridgehead atoms. The Labute approximate surface area is 166 Å². The summed E-state index contributed by atoms with van der Waals surface area (Å²) in [5, 5.41) is 2.19. The van der Waals surface area contributed by atoms with Crippen LogP contribution in [0.4, 0.5) is 4.39 Å². The van der Waals surface area contributed by atoms with Crippen molar-refractivity contribution in [3.8, 4) is 0 Å². The van der Waals surface area contributed by atoms with Gasteiger partial charge in [-0.05, 0) is 24.3 Å². The molecule has 0 radical (unpaired) electrons. The number of carbonyl (C=O) groups excluding carboxylic acids is 2. The molecule has 2 aromatic carbocycles. The number of ether oxygens (including phenoxy) is 2. The summed E-state index contributed by atoms with van der Waals surface area (Å²) < 4.78 is 24.8. The highest BCUT2D eigenvalue weighted by atomic mass is 35.5. The van der Waals surface area contributed by atoms with Gasteiger partial charge in [-0.2, -0.15) is 0 Å². The summed E-state index contributed by atoms with van der Waals surface area (Å²) in [6.45, 7) is -0.372. The Hall–Kier alpha value is -2.93. The molecule has 0 spiro atoms. The van der Waals surface area contributed by atoms with Crippen molar-refractivity contribution in [3.05, 3.63) is 71.8 Å². The van der Waals surface area contributed by atoms with E-state index in [1.165, 1.54) is 19.2 Å². The zero-order chi connectivity index (χ0) is 20.4. The second kappa shape index (κ2) is 11.0. The van der Waals surface area contributed by atoms with Gasteiger partial charge in [-0.1, -0.05) is 41.6 Å². The minimum absolute atomic E-state index is 0.230. The van der Waals surface area contributed by atoms with E-state index in [2.05, 4.69) is 9.99 Å². The number of alkyl halides is 2. The first-order valence-corrected chi connectivity index (χ1v) is 8.79. The summed E-state index contributed by atoms with van der Waals surface area (Å²) in [4.78, 5) is 28.7. The molecule has 0 aliphatic rings. The fourth-order valence-electron chi connectivity index (χ4n) is 2.22. The highest BCUT2D eigenvalue weighted by Crippen LogP contribution is 2.17. The van der Waals surface area contributed by atoms with Gasteiger partial charge in [0.1, 0.15) is 19.1 Å². The predicted octanol–water partition coefficient (Wildman–Crippen LogP) is 3.65. The lowest BCUT2D eigenvalue weighted by atomic mass is 10.1. The maximum Gasteiger partial charge on any atom is 0.338 e. The van der Waals surface area contributed by atoms with Crippen LogP contribution in [0.2, 0.25) is 0 Å². The summed E-state index contributed by atoms with van der Waals surface area (Å²) in [7, 11) is 1.24. The molecule has 8 heteroatoms. The van der Waals surface area contributed by atoms with Crippen LogP contribution in [0.3, 0.4) is 0 Å².